The second-order valence-corrected chi connectivity index (χ2v) is 8.17. The SMILES string of the molecule is CCC(C)N1CCN(c2ccc(N=Cc3c(O)[nH]c4ccccc34)cc2C(F)(F)F)CC1. The molecule has 5 nitrogen and oxygen atoms in total. The van der Waals surface area contributed by atoms with Crippen LogP contribution in [0.15, 0.2) is 47.5 Å². The molecule has 1 unspecified atom stereocenters. The largest absolute Gasteiger partial charge is 0.494 e. The van der Waals surface area contributed by atoms with Crippen molar-refractivity contribution in [2.75, 3.05) is 31.1 Å². The molecular weight excluding hydrogens is 417 g/mol. The summed E-state index contributed by atoms with van der Waals surface area (Å²) < 4.78 is 41.7. The number of halogens is 3. The molecule has 2 aromatic carbocycles. The van der Waals surface area contributed by atoms with Crippen LogP contribution in [0.1, 0.15) is 31.4 Å². The van der Waals surface area contributed by atoms with Gasteiger partial charge < -0.3 is 15.0 Å². The van der Waals surface area contributed by atoms with E-state index in [1.54, 1.807) is 11.0 Å². The van der Waals surface area contributed by atoms with Crippen LogP contribution in [0.2, 0.25) is 0 Å². The highest BCUT2D eigenvalue weighted by atomic mass is 19.4. The van der Waals surface area contributed by atoms with E-state index in [1.165, 1.54) is 12.3 Å². The Morgan fingerprint density at radius 1 is 1.12 bits per heavy atom. The summed E-state index contributed by atoms with van der Waals surface area (Å²) in [5, 5.41) is 10.9. The number of rotatable bonds is 5. The summed E-state index contributed by atoms with van der Waals surface area (Å²) >= 11 is 0. The topological polar surface area (TPSA) is 54.9 Å². The summed E-state index contributed by atoms with van der Waals surface area (Å²) in [6.07, 6.45) is -2.07. The van der Waals surface area contributed by atoms with Gasteiger partial charge in [-0.3, -0.25) is 9.89 Å². The Labute approximate surface area is 185 Å². The highest BCUT2D eigenvalue weighted by Crippen LogP contribution is 2.39. The summed E-state index contributed by atoms with van der Waals surface area (Å²) in [4.78, 5) is 11.2. The molecule has 1 aliphatic rings. The van der Waals surface area contributed by atoms with E-state index in [0.717, 1.165) is 36.5 Å². The van der Waals surface area contributed by atoms with E-state index in [9.17, 15) is 18.3 Å². The van der Waals surface area contributed by atoms with Gasteiger partial charge in [0.15, 0.2) is 5.88 Å². The summed E-state index contributed by atoms with van der Waals surface area (Å²) in [5.41, 5.74) is 0.861. The average molecular weight is 445 g/mol. The van der Waals surface area contributed by atoms with Gasteiger partial charge in [0.2, 0.25) is 0 Å². The number of aromatic nitrogens is 1. The van der Waals surface area contributed by atoms with E-state index in [2.05, 4.69) is 28.7 Å². The fraction of sp³-hybridized carbons (Fsp3) is 0.375. The van der Waals surface area contributed by atoms with Gasteiger partial charge in [0, 0.05) is 55.0 Å². The highest BCUT2D eigenvalue weighted by molar-refractivity contribution is 6.02. The minimum Gasteiger partial charge on any atom is -0.494 e. The molecule has 1 atom stereocenters. The molecule has 0 radical (unpaired) electrons. The molecule has 0 amide bonds. The zero-order chi connectivity index (χ0) is 22.9. The minimum absolute atomic E-state index is 0.0678. The molecule has 8 heteroatoms. The number of aromatic amines is 1. The van der Waals surface area contributed by atoms with Crippen LogP contribution in [0.25, 0.3) is 10.9 Å². The van der Waals surface area contributed by atoms with Gasteiger partial charge >= 0.3 is 6.18 Å². The Balaban J connectivity index is 1.61. The number of hydrogen-bond acceptors (Lipinski definition) is 4. The van der Waals surface area contributed by atoms with Crippen molar-refractivity contribution >= 4 is 28.5 Å². The third kappa shape index (κ3) is 4.46. The molecule has 2 N–H and O–H groups in total. The number of H-pyrrole nitrogens is 1. The van der Waals surface area contributed by atoms with Crippen molar-refractivity contribution in [2.24, 2.45) is 4.99 Å². The van der Waals surface area contributed by atoms with Gasteiger partial charge in [-0.2, -0.15) is 13.2 Å². The number of hydrogen-bond donors (Lipinski definition) is 2. The molecule has 1 fully saturated rings. The molecule has 4 rings (SSSR count). The molecule has 1 saturated heterocycles. The van der Waals surface area contributed by atoms with Gasteiger partial charge in [0.1, 0.15) is 0 Å². The van der Waals surface area contributed by atoms with Crippen molar-refractivity contribution in [2.45, 2.75) is 32.5 Å². The number of aliphatic imine (C=N–C) groups is 1. The lowest BCUT2D eigenvalue weighted by Gasteiger charge is -2.39. The number of nitrogens with one attached hydrogen (secondary N) is 1. The molecular formula is C24H27F3N4O. The van der Waals surface area contributed by atoms with Gasteiger partial charge in [-0.1, -0.05) is 25.1 Å². The van der Waals surface area contributed by atoms with Gasteiger partial charge in [0.05, 0.1) is 16.8 Å². The normalized spacial score (nSPS) is 16.8. The third-order valence-electron chi connectivity index (χ3n) is 6.22. The van der Waals surface area contributed by atoms with Crippen LogP contribution in [0.5, 0.6) is 5.88 Å². The standard InChI is InChI=1S/C24H27F3N4O/c1-3-16(2)30-10-12-31(13-11-30)22-9-8-17(14-20(22)24(25,26)27)28-15-19-18-6-4-5-7-21(18)29-23(19)32/h4-9,14-16,29,32H,3,10-13H2,1-2H3. The van der Waals surface area contributed by atoms with E-state index in [-0.39, 0.29) is 17.3 Å². The van der Waals surface area contributed by atoms with Crippen LogP contribution < -0.4 is 4.90 Å². The number of aromatic hydroxyl groups is 1. The number of nitrogens with zero attached hydrogens (tertiary/aromatic N) is 3. The zero-order valence-corrected chi connectivity index (χ0v) is 18.2. The van der Waals surface area contributed by atoms with Crippen molar-refractivity contribution in [1.29, 1.82) is 0 Å². The fourth-order valence-electron chi connectivity index (χ4n) is 4.19. The summed E-state index contributed by atoms with van der Waals surface area (Å²) in [6.45, 7) is 6.86. The second-order valence-electron chi connectivity index (χ2n) is 8.17. The number of fused-ring (bicyclic) bond motifs is 1. The van der Waals surface area contributed by atoms with Crippen molar-refractivity contribution in [3.05, 3.63) is 53.6 Å². The fourth-order valence-corrected chi connectivity index (χ4v) is 4.19. The second kappa shape index (κ2) is 8.86. The van der Waals surface area contributed by atoms with E-state index >= 15 is 0 Å². The molecule has 0 aliphatic carbocycles. The Bertz CT molecular complexity index is 1110. The van der Waals surface area contributed by atoms with Gasteiger partial charge in [-0.05, 0) is 37.6 Å². The van der Waals surface area contributed by atoms with Crippen LogP contribution in [0, 0.1) is 0 Å². The number of benzene rings is 2. The maximum absolute atomic E-state index is 13.9. The molecule has 2 heterocycles. The van der Waals surface area contributed by atoms with E-state index in [0.29, 0.717) is 24.7 Å². The maximum atomic E-state index is 13.9. The van der Waals surface area contributed by atoms with Crippen LogP contribution in [-0.2, 0) is 6.18 Å². The van der Waals surface area contributed by atoms with Crippen molar-refractivity contribution in [1.82, 2.24) is 9.88 Å². The molecule has 1 aromatic heterocycles. The van der Waals surface area contributed by atoms with Crippen molar-refractivity contribution < 1.29 is 18.3 Å². The molecule has 170 valence electrons. The molecule has 3 aromatic rings. The summed E-state index contributed by atoms with van der Waals surface area (Å²) in [7, 11) is 0. The monoisotopic (exact) mass is 444 g/mol. The first-order chi connectivity index (χ1) is 15.3. The maximum Gasteiger partial charge on any atom is 0.418 e. The predicted octanol–water partition coefficient (Wildman–Crippen LogP) is 5.56. The molecule has 0 saturated carbocycles. The Morgan fingerprint density at radius 3 is 2.53 bits per heavy atom. The zero-order valence-electron chi connectivity index (χ0n) is 18.2. The Morgan fingerprint density at radius 2 is 1.84 bits per heavy atom. The van der Waals surface area contributed by atoms with E-state index < -0.39 is 11.7 Å². The first kappa shape index (κ1) is 22.2. The van der Waals surface area contributed by atoms with Crippen LogP contribution in [-0.4, -0.2) is 53.4 Å². The molecule has 0 bridgehead atoms. The average Bonchev–Trinajstić information content (AvgIpc) is 3.11. The van der Waals surface area contributed by atoms with Crippen molar-refractivity contribution in [3.63, 3.8) is 0 Å². The number of alkyl halides is 3. The number of para-hydroxylation sites is 1. The quantitative estimate of drug-likeness (QED) is 0.507. The van der Waals surface area contributed by atoms with Crippen molar-refractivity contribution in [3.8, 4) is 5.88 Å². The lowest BCUT2D eigenvalue weighted by molar-refractivity contribution is -0.137. The first-order valence-electron chi connectivity index (χ1n) is 10.8. The molecule has 32 heavy (non-hydrogen) atoms. The molecule has 1 aliphatic heterocycles. The van der Waals surface area contributed by atoms with E-state index in [1.807, 2.05) is 24.3 Å². The van der Waals surface area contributed by atoms with Crippen LogP contribution in [0.3, 0.4) is 0 Å². The predicted molar refractivity (Wildman–Crippen MR) is 122 cm³/mol. The Kier molecular flexibility index (Phi) is 6.15. The first-order valence-corrected chi connectivity index (χ1v) is 10.8. The molecule has 0 spiro atoms. The minimum atomic E-state index is -4.49. The number of piperazine rings is 1. The summed E-state index contributed by atoms with van der Waals surface area (Å²) in [5.74, 6) is -0.0678. The van der Waals surface area contributed by atoms with Gasteiger partial charge in [0.25, 0.3) is 0 Å². The summed E-state index contributed by atoms with van der Waals surface area (Å²) in [6, 6.07) is 11.9. The lowest BCUT2D eigenvalue weighted by Crippen LogP contribution is -2.49. The van der Waals surface area contributed by atoms with Gasteiger partial charge in [-0.25, -0.2) is 0 Å². The highest BCUT2D eigenvalue weighted by Gasteiger charge is 2.36. The number of anilines is 1. The third-order valence-corrected chi connectivity index (χ3v) is 6.22. The van der Waals surface area contributed by atoms with Crippen LogP contribution >= 0.6 is 0 Å². The lowest BCUT2D eigenvalue weighted by atomic mass is 10.1. The Hall–Kier alpha value is -3.00. The smallest absolute Gasteiger partial charge is 0.418 e. The van der Waals surface area contributed by atoms with E-state index in [4.69, 9.17) is 0 Å². The van der Waals surface area contributed by atoms with Gasteiger partial charge in [-0.15, -0.1) is 0 Å². The van der Waals surface area contributed by atoms with Crippen LogP contribution in [0.4, 0.5) is 24.5 Å².